The van der Waals surface area contributed by atoms with Gasteiger partial charge in [0, 0.05) is 18.7 Å². The number of rotatable bonds is 3. The molecule has 0 N–H and O–H groups in total. The maximum Gasteiger partial charge on any atom is 0.364 e. The van der Waals surface area contributed by atoms with Crippen molar-refractivity contribution in [3.05, 3.63) is 58.4 Å². The van der Waals surface area contributed by atoms with Crippen LogP contribution in [-0.4, -0.2) is 37.6 Å². The first-order valence-corrected chi connectivity index (χ1v) is 9.00. The lowest BCUT2D eigenvalue weighted by molar-refractivity contribution is -0.0583. The number of fused-ring (bicyclic) bond motifs is 2. The van der Waals surface area contributed by atoms with Gasteiger partial charge in [0.2, 0.25) is 0 Å². The Morgan fingerprint density at radius 3 is 2.39 bits per heavy atom. The molecule has 1 aromatic carbocycles. The minimum absolute atomic E-state index is 0.219. The zero-order chi connectivity index (χ0) is 19.6. The molecule has 1 saturated carbocycles. The second kappa shape index (κ2) is 5.72. The molecule has 0 saturated heterocycles. The number of aryl methyl sites for hydroxylation is 2. The highest BCUT2D eigenvalue weighted by atomic mass is 16.7. The number of carbonyl (C=O) groups is 3. The van der Waals surface area contributed by atoms with Crippen molar-refractivity contribution in [1.29, 1.82) is 0 Å². The summed E-state index contributed by atoms with van der Waals surface area (Å²) in [5, 5.41) is 5.44. The van der Waals surface area contributed by atoms with E-state index >= 15 is 0 Å². The van der Waals surface area contributed by atoms with Crippen LogP contribution in [0.15, 0.2) is 30.3 Å². The number of carbonyl (C=O) groups excluding carboxylic acids is 3. The SMILES string of the molecule is Cc1nn(C)c2nc(C3CC3)cc(C(=O)ON3C(=O)c4ccccc4C3=O)c12. The summed E-state index contributed by atoms with van der Waals surface area (Å²) in [6.07, 6.45) is 2.03. The molecule has 2 amide bonds. The van der Waals surface area contributed by atoms with Crippen LogP contribution in [0.5, 0.6) is 0 Å². The fraction of sp³-hybridized carbons (Fsp3) is 0.250. The molecule has 140 valence electrons. The Balaban J connectivity index is 1.55. The Labute approximate surface area is 159 Å². The minimum Gasteiger partial charge on any atom is -0.324 e. The van der Waals surface area contributed by atoms with E-state index in [-0.39, 0.29) is 16.7 Å². The summed E-state index contributed by atoms with van der Waals surface area (Å²) >= 11 is 0. The van der Waals surface area contributed by atoms with Crippen molar-refractivity contribution in [2.24, 2.45) is 7.05 Å². The van der Waals surface area contributed by atoms with Gasteiger partial charge in [0.1, 0.15) is 0 Å². The smallest absolute Gasteiger partial charge is 0.324 e. The molecule has 0 atom stereocenters. The molecule has 8 heteroatoms. The largest absolute Gasteiger partial charge is 0.364 e. The molecule has 0 unspecified atom stereocenters. The van der Waals surface area contributed by atoms with Gasteiger partial charge in [-0.3, -0.25) is 14.3 Å². The van der Waals surface area contributed by atoms with Crippen molar-refractivity contribution in [1.82, 2.24) is 19.8 Å². The molecule has 0 radical (unpaired) electrons. The van der Waals surface area contributed by atoms with E-state index in [4.69, 9.17) is 4.84 Å². The monoisotopic (exact) mass is 376 g/mol. The van der Waals surface area contributed by atoms with Crippen LogP contribution >= 0.6 is 0 Å². The lowest BCUT2D eigenvalue weighted by atomic mass is 10.1. The third-order valence-corrected chi connectivity index (χ3v) is 5.14. The number of hydrogen-bond donors (Lipinski definition) is 0. The van der Waals surface area contributed by atoms with Gasteiger partial charge >= 0.3 is 5.97 Å². The van der Waals surface area contributed by atoms with E-state index < -0.39 is 17.8 Å². The third-order valence-electron chi connectivity index (χ3n) is 5.14. The topological polar surface area (TPSA) is 94.4 Å². The summed E-state index contributed by atoms with van der Waals surface area (Å²) in [7, 11) is 1.76. The van der Waals surface area contributed by atoms with E-state index in [0.717, 1.165) is 18.5 Å². The van der Waals surface area contributed by atoms with Gasteiger partial charge in [-0.15, -0.1) is 0 Å². The standard InChI is InChI=1S/C20H16N4O4/c1-10-16-14(9-15(11-7-8-11)21-17(16)23(2)22-10)20(27)28-24-18(25)12-5-3-4-6-13(12)19(24)26/h3-6,9,11H,7-8H2,1-2H3. The number of amides is 2. The summed E-state index contributed by atoms with van der Waals surface area (Å²) < 4.78 is 1.62. The fourth-order valence-corrected chi connectivity index (χ4v) is 3.60. The molecule has 0 spiro atoms. The molecular formula is C20H16N4O4. The van der Waals surface area contributed by atoms with Gasteiger partial charge in [-0.25, -0.2) is 9.78 Å². The maximum atomic E-state index is 13.0. The summed E-state index contributed by atoms with van der Waals surface area (Å²) in [6, 6.07) is 8.06. The van der Waals surface area contributed by atoms with E-state index in [2.05, 4.69) is 10.1 Å². The normalized spacial score (nSPS) is 16.0. The molecule has 2 aromatic heterocycles. The van der Waals surface area contributed by atoms with E-state index in [9.17, 15) is 14.4 Å². The highest BCUT2D eigenvalue weighted by Crippen LogP contribution is 2.40. The van der Waals surface area contributed by atoms with Crippen LogP contribution in [0, 0.1) is 6.92 Å². The summed E-state index contributed by atoms with van der Waals surface area (Å²) in [4.78, 5) is 47.9. The Kier molecular flexibility index (Phi) is 3.39. The van der Waals surface area contributed by atoms with Crippen LogP contribution in [0.4, 0.5) is 0 Å². The van der Waals surface area contributed by atoms with E-state index in [1.165, 1.54) is 12.1 Å². The Morgan fingerprint density at radius 1 is 1.14 bits per heavy atom. The van der Waals surface area contributed by atoms with Crippen molar-refractivity contribution in [3.8, 4) is 0 Å². The lowest BCUT2D eigenvalue weighted by Gasteiger charge is -2.14. The summed E-state index contributed by atoms with van der Waals surface area (Å²) in [5.41, 5.74) is 2.70. The van der Waals surface area contributed by atoms with E-state index in [1.54, 1.807) is 36.9 Å². The van der Waals surface area contributed by atoms with Gasteiger partial charge in [-0.05, 0) is 38.0 Å². The van der Waals surface area contributed by atoms with Crippen LogP contribution in [0.1, 0.15) is 61.2 Å². The van der Waals surface area contributed by atoms with Gasteiger partial charge in [0.15, 0.2) is 5.65 Å². The van der Waals surface area contributed by atoms with Gasteiger partial charge < -0.3 is 4.84 Å². The van der Waals surface area contributed by atoms with Crippen LogP contribution in [0.25, 0.3) is 11.0 Å². The molecule has 0 bridgehead atoms. The Morgan fingerprint density at radius 2 is 1.79 bits per heavy atom. The van der Waals surface area contributed by atoms with Gasteiger partial charge in [-0.1, -0.05) is 17.2 Å². The number of hydrogen-bond acceptors (Lipinski definition) is 6. The highest BCUT2D eigenvalue weighted by Gasteiger charge is 2.39. The maximum absolute atomic E-state index is 13.0. The van der Waals surface area contributed by atoms with E-state index in [0.29, 0.717) is 27.7 Å². The number of aromatic nitrogens is 3. The van der Waals surface area contributed by atoms with Crippen molar-refractivity contribution in [2.45, 2.75) is 25.7 Å². The second-order valence-electron chi connectivity index (χ2n) is 7.11. The molecule has 1 fully saturated rings. The first kappa shape index (κ1) is 16.6. The number of benzene rings is 1. The van der Waals surface area contributed by atoms with Crippen molar-refractivity contribution < 1.29 is 19.2 Å². The van der Waals surface area contributed by atoms with Gasteiger partial charge in [-0.2, -0.15) is 5.10 Å². The second-order valence-corrected chi connectivity index (χ2v) is 7.11. The Bertz CT molecular complexity index is 1160. The minimum atomic E-state index is -0.778. The van der Waals surface area contributed by atoms with Crippen molar-refractivity contribution >= 4 is 28.8 Å². The van der Waals surface area contributed by atoms with Crippen LogP contribution < -0.4 is 0 Å². The fourth-order valence-electron chi connectivity index (χ4n) is 3.60. The number of hydroxylamine groups is 2. The predicted octanol–water partition coefficient (Wildman–Crippen LogP) is 2.52. The van der Waals surface area contributed by atoms with Gasteiger partial charge in [0.25, 0.3) is 11.8 Å². The number of imide groups is 1. The van der Waals surface area contributed by atoms with Crippen LogP contribution in [0.2, 0.25) is 0 Å². The average molecular weight is 376 g/mol. The zero-order valence-corrected chi connectivity index (χ0v) is 15.3. The quantitative estimate of drug-likeness (QED) is 0.652. The predicted molar refractivity (Wildman–Crippen MR) is 97.6 cm³/mol. The molecule has 2 aliphatic rings. The lowest BCUT2D eigenvalue weighted by Crippen LogP contribution is -2.32. The van der Waals surface area contributed by atoms with Crippen molar-refractivity contribution in [3.63, 3.8) is 0 Å². The van der Waals surface area contributed by atoms with E-state index in [1.807, 2.05) is 0 Å². The molecule has 5 rings (SSSR count). The number of nitrogens with zero attached hydrogens (tertiary/aromatic N) is 4. The Hall–Kier alpha value is -3.55. The zero-order valence-electron chi connectivity index (χ0n) is 15.3. The first-order chi connectivity index (χ1) is 13.5. The number of pyridine rings is 1. The van der Waals surface area contributed by atoms with Crippen LogP contribution in [-0.2, 0) is 11.9 Å². The first-order valence-electron chi connectivity index (χ1n) is 9.00. The summed E-state index contributed by atoms with van der Waals surface area (Å²) in [5.74, 6) is -1.76. The molecule has 1 aliphatic heterocycles. The molecule has 1 aliphatic carbocycles. The van der Waals surface area contributed by atoms with Crippen LogP contribution in [0.3, 0.4) is 0 Å². The summed E-state index contributed by atoms with van der Waals surface area (Å²) in [6.45, 7) is 1.78. The molecular weight excluding hydrogens is 360 g/mol. The molecule has 28 heavy (non-hydrogen) atoms. The molecule has 3 heterocycles. The molecule has 8 nitrogen and oxygen atoms in total. The third kappa shape index (κ3) is 2.34. The van der Waals surface area contributed by atoms with Gasteiger partial charge in [0.05, 0.1) is 27.8 Å². The highest BCUT2D eigenvalue weighted by molar-refractivity contribution is 6.21. The van der Waals surface area contributed by atoms with Crippen molar-refractivity contribution in [2.75, 3.05) is 0 Å². The average Bonchev–Trinajstić information content (AvgIpc) is 3.47. The molecule has 3 aromatic rings.